The number of thiol groups is 1. The number of fused-ring (bicyclic) bond motifs is 5. The molecule has 0 saturated heterocycles. The van der Waals surface area contributed by atoms with Gasteiger partial charge in [-0.25, -0.2) is 4.98 Å². The first-order valence-electron chi connectivity index (χ1n) is 12.5. The fraction of sp³-hybridized carbons (Fsp3) is 0.630. The minimum atomic E-state index is -1.54. The maximum atomic E-state index is 13.2. The molecule has 0 spiro atoms. The van der Waals surface area contributed by atoms with Crippen molar-refractivity contribution >= 4 is 35.4 Å². The number of aliphatic imine (C=N–C) groups is 1. The van der Waals surface area contributed by atoms with Crippen molar-refractivity contribution in [3.63, 3.8) is 0 Å². The van der Waals surface area contributed by atoms with E-state index < -0.39 is 28.2 Å². The van der Waals surface area contributed by atoms with Gasteiger partial charge in [0.15, 0.2) is 0 Å². The van der Waals surface area contributed by atoms with Gasteiger partial charge in [-0.3, -0.25) is 9.79 Å². The van der Waals surface area contributed by atoms with Crippen LogP contribution in [0.2, 0.25) is 0 Å². The van der Waals surface area contributed by atoms with Crippen molar-refractivity contribution in [3.05, 3.63) is 35.9 Å². The van der Waals surface area contributed by atoms with Gasteiger partial charge >= 0.3 is 0 Å². The van der Waals surface area contributed by atoms with Gasteiger partial charge in [0, 0.05) is 23.3 Å². The van der Waals surface area contributed by atoms with Crippen LogP contribution in [0, 0.1) is 51.8 Å². The zero-order chi connectivity index (χ0) is 25.3. The first-order valence-corrected chi connectivity index (χ1v) is 13.0. The number of aliphatic hydroxyl groups excluding tert-OH is 1. The number of allylic oxidation sites excluding steroid dienone is 2. The third-order valence-electron chi connectivity index (χ3n) is 10.1. The lowest BCUT2D eigenvalue weighted by Gasteiger charge is -2.61. The molecule has 0 bridgehead atoms. The van der Waals surface area contributed by atoms with Gasteiger partial charge in [0.2, 0.25) is 11.1 Å². The Hall–Kier alpha value is -1.90. The molecule has 4 aliphatic carbocycles. The fourth-order valence-corrected chi connectivity index (χ4v) is 8.93. The maximum Gasteiger partial charge on any atom is 0.218 e. The van der Waals surface area contributed by atoms with Crippen LogP contribution in [0.15, 0.2) is 35.0 Å². The van der Waals surface area contributed by atoms with Crippen LogP contribution in [0.5, 0.6) is 0 Å². The molecule has 0 aromatic carbocycles. The van der Waals surface area contributed by atoms with Crippen molar-refractivity contribution in [2.45, 2.75) is 64.6 Å². The number of aromatic nitrogens is 1. The predicted octanol–water partition coefficient (Wildman–Crippen LogP) is 4.54. The van der Waals surface area contributed by atoms with E-state index in [1.54, 1.807) is 6.07 Å². The maximum absolute atomic E-state index is 13.2. The van der Waals surface area contributed by atoms with Gasteiger partial charge in [0.1, 0.15) is 5.60 Å². The zero-order valence-electron chi connectivity index (χ0n) is 20.4. The van der Waals surface area contributed by atoms with Crippen molar-refractivity contribution in [2.24, 2.45) is 45.4 Å². The summed E-state index contributed by atoms with van der Waals surface area (Å²) in [5.41, 5.74) is -0.0516. The van der Waals surface area contributed by atoms with Gasteiger partial charge in [0.05, 0.1) is 18.0 Å². The number of nitrogens with one attached hydrogen (secondary N) is 1. The molecule has 0 radical (unpaired) electrons. The van der Waals surface area contributed by atoms with Crippen LogP contribution in [0.25, 0.3) is 0 Å². The van der Waals surface area contributed by atoms with Gasteiger partial charge in [-0.1, -0.05) is 26.3 Å². The summed E-state index contributed by atoms with van der Waals surface area (Å²) in [6, 6.07) is 2.86. The van der Waals surface area contributed by atoms with Gasteiger partial charge in [-0.15, -0.1) is 12.6 Å². The summed E-state index contributed by atoms with van der Waals surface area (Å²) >= 11 is 4.09. The first kappa shape index (κ1) is 24.8. The predicted molar refractivity (Wildman–Crippen MR) is 136 cm³/mol. The van der Waals surface area contributed by atoms with Crippen LogP contribution in [-0.2, 0) is 4.79 Å². The van der Waals surface area contributed by atoms with E-state index in [9.17, 15) is 19.4 Å². The van der Waals surface area contributed by atoms with Crippen LogP contribution < -0.4 is 0 Å². The SMILES string of the molecule is CC1CC2C3CCC4=CC(=Nc5ccc(F)nc5)C(C=N)CC4(C)C3C(O)CC2(C)C1(O)C(=O)S. The van der Waals surface area contributed by atoms with Gasteiger partial charge < -0.3 is 15.6 Å². The number of pyridine rings is 1. The quantitative estimate of drug-likeness (QED) is 0.278. The number of hydrogen-bond acceptors (Lipinski definition) is 6. The number of carbonyl (C=O) groups excluding carboxylic acids is 1. The van der Waals surface area contributed by atoms with E-state index in [0.717, 1.165) is 25.0 Å². The Bertz CT molecular complexity index is 1120. The molecule has 3 saturated carbocycles. The molecule has 4 aliphatic rings. The zero-order valence-corrected chi connectivity index (χ0v) is 21.3. The highest BCUT2D eigenvalue weighted by molar-refractivity contribution is 7.96. The molecule has 3 fully saturated rings. The van der Waals surface area contributed by atoms with E-state index in [2.05, 4.69) is 35.6 Å². The molecular formula is C27H34FN3O3S. The summed E-state index contributed by atoms with van der Waals surface area (Å²) < 4.78 is 13.2. The number of aliphatic hydroxyl groups is 2. The van der Waals surface area contributed by atoms with Crippen LogP contribution >= 0.6 is 12.6 Å². The number of nitrogens with zero attached hydrogens (tertiary/aromatic N) is 2. The summed E-state index contributed by atoms with van der Waals surface area (Å²) in [6.45, 7) is 6.08. The van der Waals surface area contributed by atoms with E-state index in [4.69, 9.17) is 5.41 Å². The molecule has 0 amide bonds. The molecule has 9 atom stereocenters. The van der Waals surface area contributed by atoms with Crippen molar-refractivity contribution in [1.29, 1.82) is 5.41 Å². The third kappa shape index (κ3) is 3.43. The average molecular weight is 500 g/mol. The smallest absolute Gasteiger partial charge is 0.218 e. The van der Waals surface area contributed by atoms with E-state index in [0.29, 0.717) is 18.5 Å². The lowest BCUT2D eigenvalue weighted by atomic mass is 9.45. The Labute approximate surface area is 211 Å². The summed E-state index contributed by atoms with van der Waals surface area (Å²) in [7, 11) is 0. The molecule has 188 valence electrons. The van der Waals surface area contributed by atoms with Crippen molar-refractivity contribution in [2.75, 3.05) is 0 Å². The number of rotatable bonds is 3. The molecule has 8 heteroatoms. The van der Waals surface area contributed by atoms with Gasteiger partial charge in [-0.05, 0) is 79.4 Å². The second kappa shape index (κ2) is 8.32. The molecular weight excluding hydrogens is 465 g/mol. The standard InChI is InChI=1S/C27H34FN3O3S/c1-14-8-19-18-6-4-16-9-20(31-17-5-7-22(28)30-13-17)15(12-29)10-25(16,2)23(18)21(32)11-26(19,3)27(14,34)24(33)35/h5,7,9,12-15,18-19,21,23,29,32,34H,4,6,8,10-11H2,1-3H3,(H,33,35). The number of hydrogen-bond donors (Lipinski definition) is 4. The Morgan fingerprint density at radius 2 is 2.09 bits per heavy atom. The average Bonchev–Trinajstić information content (AvgIpc) is 3.01. The molecule has 5 rings (SSSR count). The minimum absolute atomic E-state index is 0.0263. The molecule has 1 aromatic rings. The highest BCUT2D eigenvalue weighted by Gasteiger charge is 2.70. The largest absolute Gasteiger partial charge is 0.393 e. The normalized spacial score (nSPS) is 45.8. The summed E-state index contributed by atoms with van der Waals surface area (Å²) in [5, 5.41) is 30.8. The lowest BCUT2D eigenvalue weighted by molar-refractivity contribution is -0.178. The van der Waals surface area contributed by atoms with E-state index in [1.807, 2.05) is 13.8 Å². The van der Waals surface area contributed by atoms with Crippen molar-refractivity contribution in [3.8, 4) is 0 Å². The first-order chi connectivity index (χ1) is 16.5. The van der Waals surface area contributed by atoms with E-state index in [-0.39, 0.29) is 35.0 Å². The topological polar surface area (TPSA) is 107 Å². The summed E-state index contributed by atoms with van der Waals surface area (Å²) in [4.78, 5) is 20.9. The molecule has 1 heterocycles. The van der Waals surface area contributed by atoms with Crippen molar-refractivity contribution in [1.82, 2.24) is 4.98 Å². The molecule has 9 unspecified atom stereocenters. The number of halogens is 1. The molecule has 0 aliphatic heterocycles. The molecule has 3 N–H and O–H groups in total. The summed E-state index contributed by atoms with van der Waals surface area (Å²) in [6.07, 6.45) is 7.65. The van der Waals surface area contributed by atoms with Crippen LogP contribution in [-0.4, -0.2) is 43.9 Å². The Balaban J connectivity index is 1.53. The fourth-order valence-electron chi connectivity index (χ4n) is 8.46. The van der Waals surface area contributed by atoms with Gasteiger partial charge in [-0.2, -0.15) is 4.39 Å². The van der Waals surface area contributed by atoms with Crippen LogP contribution in [0.4, 0.5) is 10.1 Å². The second-order valence-corrected chi connectivity index (χ2v) is 12.1. The molecule has 1 aromatic heterocycles. The van der Waals surface area contributed by atoms with E-state index >= 15 is 0 Å². The lowest BCUT2D eigenvalue weighted by Crippen LogP contribution is -2.62. The Morgan fingerprint density at radius 3 is 2.71 bits per heavy atom. The third-order valence-corrected chi connectivity index (χ3v) is 10.4. The van der Waals surface area contributed by atoms with Crippen molar-refractivity contribution < 1.29 is 19.4 Å². The summed E-state index contributed by atoms with van der Waals surface area (Å²) in [5.74, 6) is -0.753. The Kier molecular flexibility index (Phi) is 5.89. The van der Waals surface area contributed by atoms with E-state index in [1.165, 1.54) is 24.1 Å². The Morgan fingerprint density at radius 1 is 1.34 bits per heavy atom. The van der Waals surface area contributed by atoms with Crippen LogP contribution in [0.1, 0.15) is 52.9 Å². The van der Waals surface area contributed by atoms with Crippen LogP contribution in [0.3, 0.4) is 0 Å². The minimum Gasteiger partial charge on any atom is -0.393 e. The molecule has 35 heavy (non-hydrogen) atoms. The van der Waals surface area contributed by atoms with Gasteiger partial charge in [0.25, 0.3) is 0 Å². The second-order valence-electron chi connectivity index (χ2n) is 11.7. The monoisotopic (exact) mass is 499 g/mol. The number of carbonyl (C=O) groups is 1. The highest BCUT2D eigenvalue weighted by atomic mass is 32.1. The highest BCUT2D eigenvalue weighted by Crippen LogP contribution is 2.69. The molecule has 6 nitrogen and oxygen atoms in total.